The molecule has 1 aromatic carbocycles. The molecule has 0 aliphatic carbocycles. The lowest BCUT2D eigenvalue weighted by Crippen LogP contribution is -2.60. The monoisotopic (exact) mass is 761 g/mol. The number of benzene rings is 1. The third-order valence-electron chi connectivity index (χ3n) is 10.9. The van der Waals surface area contributed by atoms with Crippen LogP contribution >= 0.6 is 0 Å². The van der Waals surface area contributed by atoms with E-state index >= 15 is 0 Å². The molecule has 14 heteroatoms. The Hall–Kier alpha value is -3.59. The van der Waals surface area contributed by atoms with Crippen molar-refractivity contribution in [2.24, 2.45) is 17.8 Å². The zero-order valence-electron chi connectivity index (χ0n) is 34.5. The zero-order chi connectivity index (χ0) is 40.9. The summed E-state index contributed by atoms with van der Waals surface area (Å²) in [4.78, 5) is 72.9. The fourth-order valence-electron chi connectivity index (χ4n) is 7.65. The Morgan fingerprint density at radius 3 is 2.06 bits per heavy atom. The van der Waals surface area contributed by atoms with Gasteiger partial charge in [-0.1, -0.05) is 71.4 Å². The molecule has 1 aliphatic heterocycles. The topological polar surface area (TPSA) is 167 Å². The van der Waals surface area contributed by atoms with Crippen LogP contribution in [0.15, 0.2) is 30.3 Å². The van der Waals surface area contributed by atoms with E-state index in [4.69, 9.17) is 14.2 Å². The highest BCUT2D eigenvalue weighted by molar-refractivity contribution is 5.90. The number of aliphatic hydroxyl groups excluding tert-OH is 1. The van der Waals surface area contributed by atoms with Gasteiger partial charge in [0.05, 0.1) is 49.8 Å². The molecule has 1 saturated heterocycles. The minimum Gasteiger partial charge on any atom is -0.467 e. The van der Waals surface area contributed by atoms with Gasteiger partial charge in [-0.2, -0.15) is 0 Å². The van der Waals surface area contributed by atoms with Crippen molar-refractivity contribution in [3.63, 3.8) is 0 Å². The summed E-state index contributed by atoms with van der Waals surface area (Å²) in [5, 5.41) is 16.0. The number of likely N-dealkylation sites (tertiary alicyclic amines) is 1. The van der Waals surface area contributed by atoms with Gasteiger partial charge < -0.3 is 39.8 Å². The van der Waals surface area contributed by atoms with Gasteiger partial charge >= 0.3 is 5.97 Å². The summed E-state index contributed by atoms with van der Waals surface area (Å²) in [7, 11) is 9.38. The lowest BCUT2D eigenvalue weighted by molar-refractivity contribution is -0.149. The molecule has 0 spiro atoms. The third kappa shape index (κ3) is 12.2. The average Bonchev–Trinajstić information content (AvgIpc) is 3.62. The summed E-state index contributed by atoms with van der Waals surface area (Å²) in [5.74, 6) is -2.97. The van der Waals surface area contributed by atoms with Crippen molar-refractivity contribution in [3.8, 4) is 0 Å². The number of hydrogen-bond donors (Lipinski definition) is 3. The van der Waals surface area contributed by atoms with E-state index in [1.165, 1.54) is 28.3 Å². The molecule has 1 aliphatic rings. The number of amides is 4. The van der Waals surface area contributed by atoms with Crippen LogP contribution in [0.3, 0.4) is 0 Å². The van der Waals surface area contributed by atoms with Gasteiger partial charge in [0.1, 0.15) is 18.1 Å². The number of carbonyl (C=O) groups excluding carboxylic acids is 5. The Labute approximate surface area is 322 Å². The first kappa shape index (κ1) is 46.6. The van der Waals surface area contributed by atoms with Crippen molar-refractivity contribution in [1.29, 1.82) is 0 Å². The van der Waals surface area contributed by atoms with Crippen LogP contribution in [0, 0.1) is 17.8 Å². The predicted octanol–water partition coefficient (Wildman–Crippen LogP) is 2.26. The van der Waals surface area contributed by atoms with Crippen LogP contribution < -0.4 is 10.6 Å². The van der Waals surface area contributed by atoms with Crippen LogP contribution in [0.1, 0.15) is 72.8 Å². The average molecular weight is 762 g/mol. The van der Waals surface area contributed by atoms with Crippen molar-refractivity contribution in [3.05, 3.63) is 35.9 Å². The van der Waals surface area contributed by atoms with Gasteiger partial charge in [-0.25, -0.2) is 4.79 Å². The van der Waals surface area contributed by atoms with Crippen molar-refractivity contribution >= 4 is 29.6 Å². The zero-order valence-corrected chi connectivity index (χ0v) is 34.5. The maximum Gasteiger partial charge on any atom is 0.328 e. The number of methoxy groups -OCH3 is 3. The predicted molar refractivity (Wildman–Crippen MR) is 206 cm³/mol. The minimum atomic E-state index is -0.960. The second kappa shape index (κ2) is 22.1. The number of ether oxygens (including phenoxy) is 3. The van der Waals surface area contributed by atoms with Crippen molar-refractivity contribution < 1.29 is 43.3 Å². The number of rotatable bonds is 21. The molecule has 2 unspecified atom stereocenters. The van der Waals surface area contributed by atoms with Gasteiger partial charge in [0.15, 0.2) is 0 Å². The maximum absolute atomic E-state index is 14.2. The van der Waals surface area contributed by atoms with Crippen LogP contribution in [-0.4, -0.2) is 147 Å². The summed E-state index contributed by atoms with van der Waals surface area (Å²) in [6.07, 6.45) is -0.0460. The van der Waals surface area contributed by atoms with E-state index < -0.39 is 72.2 Å². The van der Waals surface area contributed by atoms with Crippen molar-refractivity contribution in [1.82, 2.24) is 25.3 Å². The highest BCUT2D eigenvalue weighted by atomic mass is 16.5. The molecule has 0 radical (unpaired) electrons. The lowest BCUT2D eigenvalue weighted by Gasteiger charge is -2.41. The molecule has 1 aromatic rings. The smallest absolute Gasteiger partial charge is 0.328 e. The molecule has 54 heavy (non-hydrogen) atoms. The maximum atomic E-state index is 14.2. The Morgan fingerprint density at radius 1 is 0.926 bits per heavy atom. The van der Waals surface area contributed by atoms with E-state index in [1.54, 1.807) is 42.8 Å². The van der Waals surface area contributed by atoms with Gasteiger partial charge in [-0.3, -0.25) is 24.1 Å². The molecule has 0 bridgehead atoms. The van der Waals surface area contributed by atoms with Gasteiger partial charge in [0, 0.05) is 34.2 Å². The van der Waals surface area contributed by atoms with Crippen LogP contribution in [0.5, 0.6) is 0 Å². The molecule has 0 aromatic heterocycles. The van der Waals surface area contributed by atoms with Gasteiger partial charge in [0.25, 0.3) is 0 Å². The molecule has 2 rings (SSSR count). The van der Waals surface area contributed by atoms with Gasteiger partial charge in [0.2, 0.25) is 23.6 Å². The Kier molecular flexibility index (Phi) is 19.0. The number of nitrogens with one attached hydrogen (secondary N) is 2. The first-order valence-corrected chi connectivity index (χ1v) is 19.1. The second-order valence-corrected chi connectivity index (χ2v) is 15.2. The summed E-state index contributed by atoms with van der Waals surface area (Å²) in [6.45, 7) is 11.4. The normalized spacial score (nSPS) is 19.5. The molecule has 4 amide bonds. The van der Waals surface area contributed by atoms with Crippen LogP contribution in [0.2, 0.25) is 0 Å². The van der Waals surface area contributed by atoms with Crippen LogP contribution in [0.25, 0.3) is 0 Å². The summed E-state index contributed by atoms with van der Waals surface area (Å²) >= 11 is 0. The number of aliphatic hydroxyl groups is 1. The largest absolute Gasteiger partial charge is 0.467 e. The van der Waals surface area contributed by atoms with E-state index in [-0.39, 0.29) is 36.5 Å². The van der Waals surface area contributed by atoms with Gasteiger partial charge in [-0.15, -0.1) is 0 Å². The number of hydrogen-bond acceptors (Lipinski definition) is 10. The quantitative estimate of drug-likeness (QED) is 0.158. The first-order chi connectivity index (χ1) is 25.4. The fraction of sp³-hybridized carbons (Fsp3) is 0.725. The van der Waals surface area contributed by atoms with E-state index in [2.05, 4.69) is 10.6 Å². The number of nitrogens with zero attached hydrogens (tertiary/aromatic N) is 3. The van der Waals surface area contributed by atoms with E-state index in [9.17, 15) is 29.1 Å². The van der Waals surface area contributed by atoms with Crippen molar-refractivity contribution in [2.75, 3.05) is 49.0 Å². The molecule has 1 fully saturated rings. The molecular weight excluding hydrogens is 694 g/mol. The minimum absolute atomic E-state index is 0.0262. The van der Waals surface area contributed by atoms with Crippen molar-refractivity contribution in [2.45, 2.75) is 122 Å². The van der Waals surface area contributed by atoms with E-state index in [1.807, 2.05) is 58.0 Å². The second-order valence-electron chi connectivity index (χ2n) is 15.2. The highest BCUT2D eigenvalue weighted by Gasteiger charge is 2.43. The number of carbonyl (C=O) groups is 5. The number of esters is 1. The summed E-state index contributed by atoms with van der Waals surface area (Å²) < 4.78 is 16.9. The van der Waals surface area contributed by atoms with E-state index in [0.717, 1.165) is 5.56 Å². The molecule has 1 heterocycles. The first-order valence-electron chi connectivity index (χ1n) is 19.1. The van der Waals surface area contributed by atoms with Gasteiger partial charge in [-0.05, 0) is 51.3 Å². The number of likely N-dealkylation sites (N-methyl/N-ethyl adjacent to an activating group) is 2. The molecule has 3 N–H and O–H groups in total. The summed E-state index contributed by atoms with van der Waals surface area (Å²) in [6, 6.07) is 5.79. The molecule has 10 atom stereocenters. The molecule has 14 nitrogen and oxygen atoms in total. The van der Waals surface area contributed by atoms with E-state index in [0.29, 0.717) is 25.8 Å². The highest BCUT2D eigenvalue weighted by Crippen LogP contribution is 2.30. The standard InChI is InChI=1S/C40H67N5O9/c1-13-25(4)34(44(9)39(50)33(24(2)3)42-38(49)35(27(6)46)43(7)8)31(52-10)23-32(47)45-21-17-20-30(45)36(53-11)26(5)37(48)41-29(40(51)54-12)22-28-18-15-14-16-19-28/h14-16,18-19,24-27,29-31,33-36,46H,13,17,20-23H2,1-12H3,(H,41,48)(H,42,49)/t25-,26+,27?,29-,30-,31+,33-,34-,35?,36+/m0/s1. The van der Waals surface area contributed by atoms with Crippen LogP contribution in [-0.2, 0) is 44.6 Å². The molecule has 0 saturated carbocycles. The lowest BCUT2D eigenvalue weighted by atomic mass is 9.89. The van der Waals surface area contributed by atoms with Crippen LogP contribution in [0.4, 0.5) is 0 Å². The summed E-state index contributed by atoms with van der Waals surface area (Å²) in [5.41, 5.74) is 0.867. The SMILES string of the molecule is CC[C@H](C)[C@@H]([C@@H](CC(=O)N1CCC[C@H]1[C@H](OC)[C@@H](C)C(=O)N[C@@H](Cc1ccccc1)C(=O)OC)OC)N(C)C(=O)[C@@H](NC(=O)C(C(C)O)N(C)C)C(C)C. The third-order valence-corrected chi connectivity index (χ3v) is 10.9. The Balaban J connectivity index is 2.29. The molecular formula is C40H67N5O9. The Morgan fingerprint density at radius 2 is 1.56 bits per heavy atom. The fourth-order valence-corrected chi connectivity index (χ4v) is 7.65. The Bertz CT molecular complexity index is 1350. The molecule has 306 valence electrons.